The third kappa shape index (κ3) is 1.88. The summed E-state index contributed by atoms with van der Waals surface area (Å²) in [7, 11) is 0. The summed E-state index contributed by atoms with van der Waals surface area (Å²) in [6, 6.07) is 0.531. The Balaban J connectivity index is 1.98. The summed E-state index contributed by atoms with van der Waals surface area (Å²) in [4.78, 5) is 21.6. The highest BCUT2D eigenvalue weighted by molar-refractivity contribution is 6.32. The Morgan fingerprint density at radius 3 is 2.94 bits per heavy atom. The zero-order chi connectivity index (χ0) is 12.5. The number of piperidine rings is 1. The second-order valence-electron chi connectivity index (χ2n) is 5.11. The molecular formula is C13H16ClN3O. The first kappa shape index (κ1) is 11.9. The van der Waals surface area contributed by atoms with E-state index in [-0.39, 0.29) is 5.15 Å². The average Bonchev–Trinajstić information content (AvgIpc) is 2.86. The van der Waals surface area contributed by atoms with Gasteiger partial charge in [0.1, 0.15) is 17.3 Å². The minimum absolute atomic E-state index is 0.259. The second kappa shape index (κ2) is 4.84. The minimum Gasteiger partial charge on any atom is -0.353 e. The lowest BCUT2D eigenvalue weighted by molar-refractivity contribution is 0.112. The molecule has 2 heterocycles. The van der Waals surface area contributed by atoms with E-state index in [1.807, 2.05) is 0 Å². The van der Waals surface area contributed by atoms with Crippen LogP contribution in [0.4, 0.5) is 5.82 Å². The predicted octanol–water partition coefficient (Wildman–Crippen LogP) is 2.71. The van der Waals surface area contributed by atoms with Crippen LogP contribution in [0, 0.1) is 5.92 Å². The number of carbonyl (C=O) groups is 1. The van der Waals surface area contributed by atoms with Crippen LogP contribution in [0.25, 0.3) is 0 Å². The number of anilines is 1. The summed E-state index contributed by atoms with van der Waals surface area (Å²) in [5.74, 6) is 1.48. The standard InChI is InChI=1S/C13H16ClN3O/c14-12-10(7-18)13(16-8-15-12)17-6-2-4-9-3-1-5-11(9)17/h7-9,11H,1-6H2. The maximum absolute atomic E-state index is 11.2. The van der Waals surface area contributed by atoms with Gasteiger partial charge < -0.3 is 4.90 Å². The Hall–Kier alpha value is -1.16. The molecule has 18 heavy (non-hydrogen) atoms. The third-order valence-electron chi connectivity index (χ3n) is 4.20. The summed E-state index contributed by atoms with van der Waals surface area (Å²) in [5, 5.41) is 0.259. The molecule has 0 N–H and O–H groups in total. The van der Waals surface area contributed by atoms with Gasteiger partial charge in [0.15, 0.2) is 6.29 Å². The van der Waals surface area contributed by atoms with Gasteiger partial charge in [0.2, 0.25) is 0 Å². The molecule has 5 heteroatoms. The molecule has 0 radical (unpaired) electrons. The van der Waals surface area contributed by atoms with Gasteiger partial charge in [-0.1, -0.05) is 18.0 Å². The number of halogens is 1. The third-order valence-corrected chi connectivity index (χ3v) is 4.50. The molecule has 1 aromatic rings. The molecule has 0 amide bonds. The number of rotatable bonds is 2. The van der Waals surface area contributed by atoms with Crippen molar-refractivity contribution in [1.29, 1.82) is 0 Å². The van der Waals surface area contributed by atoms with Crippen molar-refractivity contribution in [2.24, 2.45) is 5.92 Å². The van der Waals surface area contributed by atoms with Crippen molar-refractivity contribution in [2.45, 2.75) is 38.1 Å². The Kier molecular flexibility index (Phi) is 3.20. The number of carbonyl (C=O) groups excluding carboxylic acids is 1. The van der Waals surface area contributed by atoms with Crippen LogP contribution in [0.1, 0.15) is 42.5 Å². The lowest BCUT2D eigenvalue weighted by Gasteiger charge is -2.39. The first-order valence-corrected chi connectivity index (χ1v) is 6.91. The van der Waals surface area contributed by atoms with E-state index in [0.717, 1.165) is 24.6 Å². The Bertz CT molecular complexity index is 466. The van der Waals surface area contributed by atoms with Crippen LogP contribution < -0.4 is 4.90 Å². The van der Waals surface area contributed by atoms with Gasteiger partial charge in [0.05, 0.1) is 5.56 Å². The summed E-state index contributed by atoms with van der Waals surface area (Å²) in [5.41, 5.74) is 0.437. The molecule has 1 saturated carbocycles. The summed E-state index contributed by atoms with van der Waals surface area (Å²) in [6.07, 6.45) is 8.47. The second-order valence-corrected chi connectivity index (χ2v) is 5.47. The van der Waals surface area contributed by atoms with E-state index < -0.39 is 0 Å². The number of aldehydes is 1. The lowest BCUT2D eigenvalue weighted by atomic mass is 9.92. The monoisotopic (exact) mass is 265 g/mol. The molecule has 1 saturated heterocycles. The van der Waals surface area contributed by atoms with Crippen molar-refractivity contribution < 1.29 is 4.79 Å². The largest absolute Gasteiger partial charge is 0.353 e. The fourth-order valence-electron chi connectivity index (χ4n) is 3.41. The number of aromatic nitrogens is 2. The van der Waals surface area contributed by atoms with Crippen molar-refractivity contribution in [3.05, 3.63) is 17.0 Å². The van der Waals surface area contributed by atoms with Gasteiger partial charge in [0.25, 0.3) is 0 Å². The van der Waals surface area contributed by atoms with Crippen LogP contribution in [0.15, 0.2) is 6.33 Å². The van der Waals surface area contributed by atoms with Gasteiger partial charge in [-0.25, -0.2) is 9.97 Å². The van der Waals surface area contributed by atoms with Crippen molar-refractivity contribution in [3.8, 4) is 0 Å². The minimum atomic E-state index is 0.259. The topological polar surface area (TPSA) is 46.1 Å². The van der Waals surface area contributed by atoms with Crippen LogP contribution in [0.5, 0.6) is 0 Å². The van der Waals surface area contributed by atoms with Crippen molar-refractivity contribution >= 4 is 23.7 Å². The van der Waals surface area contributed by atoms with Crippen molar-refractivity contribution in [2.75, 3.05) is 11.4 Å². The molecule has 4 nitrogen and oxygen atoms in total. The highest BCUT2D eigenvalue weighted by Crippen LogP contribution is 2.39. The van der Waals surface area contributed by atoms with Crippen molar-refractivity contribution in [1.82, 2.24) is 9.97 Å². The Labute approximate surface area is 111 Å². The van der Waals surface area contributed by atoms with Crippen LogP contribution >= 0.6 is 11.6 Å². The fourth-order valence-corrected chi connectivity index (χ4v) is 3.59. The average molecular weight is 266 g/mol. The quantitative estimate of drug-likeness (QED) is 0.609. The number of fused-ring (bicyclic) bond motifs is 1. The number of hydrogen-bond donors (Lipinski definition) is 0. The van der Waals surface area contributed by atoms with Crippen LogP contribution in [0.2, 0.25) is 5.15 Å². The zero-order valence-corrected chi connectivity index (χ0v) is 10.9. The van der Waals surface area contributed by atoms with Gasteiger partial charge >= 0.3 is 0 Å². The molecule has 0 aromatic carbocycles. The Morgan fingerprint density at radius 2 is 2.11 bits per heavy atom. The van der Waals surface area contributed by atoms with E-state index in [4.69, 9.17) is 11.6 Å². The van der Waals surface area contributed by atoms with Crippen LogP contribution in [-0.2, 0) is 0 Å². The van der Waals surface area contributed by atoms with Crippen LogP contribution in [0.3, 0.4) is 0 Å². The van der Waals surface area contributed by atoms with Crippen molar-refractivity contribution in [3.63, 3.8) is 0 Å². The lowest BCUT2D eigenvalue weighted by Crippen LogP contribution is -2.43. The van der Waals surface area contributed by atoms with Gasteiger partial charge in [-0.2, -0.15) is 0 Å². The molecule has 1 aliphatic heterocycles. The smallest absolute Gasteiger partial charge is 0.156 e. The molecule has 3 rings (SSSR count). The van der Waals surface area contributed by atoms with E-state index in [9.17, 15) is 4.79 Å². The molecule has 96 valence electrons. The summed E-state index contributed by atoms with van der Waals surface area (Å²) in [6.45, 7) is 0.968. The number of nitrogens with zero attached hydrogens (tertiary/aromatic N) is 3. The highest BCUT2D eigenvalue weighted by Gasteiger charge is 2.36. The van der Waals surface area contributed by atoms with Gasteiger partial charge in [-0.15, -0.1) is 0 Å². The first-order valence-electron chi connectivity index (χ1n) is 6.53. The highest BCUT2D eigenvalue weighted by atomic mass is 35.5. The van der Waals surface area contributed by atoms with E-state index in [1.165, 1.54) is 38.4 Å². The summed E-state index contributed by atoms with van der Waals surface area (Å²) >= 11 is 5.98. The van der Waals surface area contributed by atoms with Gasteiger partial charge in [-0.3, -0.25) is 4.79 Å². The van der Waals surface area contributed by atoms with E-state index in [1.54, 1.807) is 0 Å². The normalized spacial score (nSPS) is 27.1. The first-order chi connectivity index (χ1) is 8.81. The zero-order valence-electron chi connectivity index (χ0n) is 10.2. The summed E-state index contributed by atoms with van der Waals surface area (Å²) < 4.78 is 0. The molecule has 2 aliphatic rings. The molecular weight excluding hydrogens is 250 g/mol. The molecule has 0 bridgehead atoms. The number of hydrogen-bond acceptors (Lipinski definition) is 4. The van der Waals surface area contributed by atoms with Crippen LogP contribution in [-0.4, -0.2) is 28.8 Å². The van der Waals surface area contributed by atoms with E-state index in [0.29, 0.717) is 11.6 Å². The van der Waals surface area contributed by atoms with E-state index >= 15 is 0 Å². The SMILES string of the molecule is O=Cc1c(Cl)ncnc1N1CCCC2CCCC21. The maximum atomic E-state index is 11.2. The predicted molar refractivity (Wildman–Crippen MR) is 70.1 cm³/mol. The van der Waals surface area contributed by atoms with Gasteiger partial charge in [-0.05, 0) is 31.6 Å². The molecule has 1 aliphatic carbocycles. The Morgan fingerprint density at radius 1 is 1.28 bits per heavy atom. The molecule has 1 aromatic heterocycles. The van der Waals surface area contributed by atoms with Gasteiger partial charge in [0, 0.05) is 12.6 Å². The van der Waals surface area contributed by atoms with E-state index in [2.05, 4.69) is 14.9 Å². The fraction of sp³-hybridized carbons (Fsp3) is 0.615. The molecule has 2 fully saturated rings. The molecule has 2 unspecified atom stereocenters. The molecule has 2 atom stereocenters. The molecule has 0 spiro atoms. The maximum Gasteiger partial charge on any atom is 0.156 e.